The Balaban J connectivity index is 1.89. The molecular formula is C25H45N. The maximum atomic E-state index is 2.48. The zero-order valence-electron chi connectivity index (χ0n) is 18.1. The average molecular weight is 360 g/mol. The largest absolute Gasteiger partial charge is 0.302 e. The number of rotatable bonds is 17. The van der Waals surface area contributed by atoms with Crippen LogP contribution in [0.3, 0.4) is 0 Å². The van der Waals surface area contributed by atoms with Crippen LogP contribution in [0.5, 0.6) is 0 Å². The molecule has 0 spiro atoms. The minimum atomic E-state index is 1.09. The first-order valence-corrected chi connectivity index (χ1v) is 11.5. The summed E-state index contributed by atoms with van der Waals surface area (Å²) in [7, 11) is 2.26. The Morgan fingerprint density at radius 3 is 1.69 bits per heavy atom. The van der Waals surface area contributed by atoms with Gasteiger partial charge < -0.3 is 4.90 Å². The van der Waals surface area contributed by atoms with Crippen LogP contribution in [0.4, 0.5) is 0 Å². The summed E-state index contributed by atoms with van der Waals surface area (Å²) in [5.74, 6) is 0. The van der Waals surface area contributed by atoms with Crippen molar-refractivity contribution in [2.24, 2.45) is 0 Å². The van der Waals surface area contributed by atoms with Crippen LogP contribution in [0.1, 0.15) is 108 Å². The lowest BCUT2D eigenvalue weighted by Gasteiger charge is -2.17. The molecule has 0 N–H and O–H groups in total. The normalized spacial score (nSPS) is 11.4. The lowest BCUT2D eigenvalue weighted by molar-refractivity contribution is 0.316. The van der Waals surface area contributed by atoms with Crippen molar-refractivity contribution in [3.63, 3.8) is 0 Å². The van der Waals surface area contributed by atoms with Crippen LogP contribution < -0.4 is 0 Å². The zero-order chi connectivity index (χ0) is 18.9. The van der Waals surface area contributed by atoms with Gasteiger partial charge in [0.2, 0.25) is 0 Å². The van der Waals surface area contributed by atoms with Crippen molar-refractivity contribution in [2.75, 3.05) is 13.6 Å². The quantitative estimate of drug-likeness (QED) is 0.257. The Morgan fingerprint density at radius 2 is 1.15 bits per heavy atom. The zero-order valence-corrected chi connectivity index (χ0v) is 18.1. The predicted molar refractivity (Wildman–Crippen MR) is 118 cm³/mol. The molecule has 0 radical (unpaired) electrons. The molecule has 1 heteroatoms. The number of hydrogen-bond donors (Lipinski definition) is 0. The number of unbranched alkanes of at least 4 members (excludes halogenated alkanes) is 12. The van der Waals surface area contributed by atoms with Crippen molar-refractivity contribution in [1.29, 1.82) is 0 Å². The summed E-state index contributed by atoms with van der Waals surface area (Å²) in [5, 5.41) is 0. The van der Waals surface area contributed by atoms with E-state index in [0.29, 0.717) is 0 Å². The van der Waals surface area contributed by atoms with Gasteiger partial charge in [0, 0.05) is 6.54 Å². The van der Waals surface area contributed by atoms with E-state index in [1.807, 2.05) is 0 Å². The number of aryl methyl sites for hydroxylation is 1. The summed E-state index contributed by atoms with van der Waals surface area (Å²) < 4.78 is 0. The lowest BCUT2D eigenvalue weighted by Crippen LogP contribution is -2.19. The second kappa shape index (κ2) is 16.4. The third-order valence-corrected chi connectivity index (χ3v) is 5.50. The van der Waals surface area contributed by atoms with E-state index in [0.717, 1.165) is 13.0 Å². The van der Waals surface area contributed by atoms with E-state index in [2.05, 4.69) is 50.1 Å². The van der Waals surface area contributed by atoms with Crippen molar-refractivity contribution >= 4 is 0 Å². The van der Waals surface area contributed by atoms with Crippen molar-refractivity contribution in [3.05, 3.63) is 35.4 Å². The van der Waals surface area contributed by atoms with E-state index in [9.17, 15) is 0 Å². The van der Waals surface area contributed by atoms with Crippen molar-refractivity contribution < 1.29 is 0 Å². The molecule has 0 atom stereocenters. The molecule has 26 heavy (non-hydrogen) atoms. The van der Waals surface area contributed by atoms with Gasteiger partial charge in [0.25, 0.3) is 0 Å². The Morgan fingerprint density at radius 1 is 0.654 bits per heavy atom. The van der Waals surface area contributed by atoms with Gasteiger partial charge in [-0.3, -0.25) is 0 Å². The maximum Gasteiger partial charge on any atom is 0.0230 e. The molecule has 1 nitrogen and oxygen atoms in total. The van der Waals surface area contributed by atoms with Gasteiger partial charge in [0.1, 0.15) is 0 Å². The Hall–Kier alpha value is -0.820. The average Bonchev–Trinajstić information content (AvgIpc) is 2.65. The molecule has 150 valence electrons. The first-order valence-electron chi connectivity index (χ1n) is 11.5. The summed E-state index contributed by atoms with van der Waals surface area (Å²) in [4.78, 5) is 2.48. The topological polar surface area (TPSA) is 3.24 Å². The molecule has 0 aliphatic rings. The van der Waals surface area contributed by atoms with E-state index < -0.39 is 0 Å². The molecule has 0 bridgehead atoms. The van der Waals surface area contributed by atoms with Crippen LogP contribution in [0.2, 0.25) is 0 Å². The highest BCUT2D eigenvalue weighted by Gasteiger charge is 2.01. The van der Waals surface area contributed by atoms with Crippen LogP contribution in [0.15, 0.2) is 24.3 Å². The smallest absolute Gasteiger partial charge is 0.0230 e. The molecule has 0 unspecified atom stereocenters. The number of hydrogen-bond acceptors (Lipinski definition) is 1. The monoisotopic (exact) mass is 359 g/mol. The summed E-state index contributed by atoms with van der Waals surface area (Å²) in [6.45, 7) is 6.85. The van der Waals surface area contributed by atoms with Crippen LogP contribution in [0, 0.1) is 0 Å². The fourth-order valence-corrected chi connectivity index (χ4v) is 3.74. The Kier molecular flexibility index (Phi) is 14.6. The van der Waals surface area contributed by atoms with Gasteiger partial charge in [0.05, 0.1) is 0 Å². The highest BCUT2D eigenvalue weighted by atomic mass is 15.1. The summed E-state index contributed by atoms with van der Waals surface area (Å²) in [6.07, 6.45) is 19.8. The lowest BCUT2D eigenvalue weighted by atomic mass is 10.0. The third kappa shape index (κ3) is 12.5. The molecule has 0 fully saturated rings. The van der Waals surface area contributed by atoms with Crippen LogP contribution in [-0.4, -0.2) is 18.5 Å². The highest BCUT2D eigenvalue weighted by molar-refractivity contribution is 5.23. The summed E-state index contributed by atoms with van der Waals surface area (Å²) >= 11 is 0. The molecule has 0 heterocycles. The van der Waals surface area contributed by atoms with Gasteiger partial charge in [-0.2, -0.15) is 0 Å². The van der Waals surface area contributed by atoms with Crippen molar-refractivity contribution in [2.45, 2.75) is 110 Å². The van der Waals surface area contributed by atoms with Gasteiger partial charge in [0.15, 0.2) is 0 Å². The van der Waals surface area contributed by atoms with Crippen LogP contribution in [0.25, 0.3) is 0 Å². The van der Waals surface area contributed by atoms with E-state index >= 15 is 0 Å². The van der Waals surface area contributed by atoms with E-state index in [1.54, 1.807) is 0 Å². The van der Waals surface area contributed by atoms with E-state index in [-0.39, 0.29) is 0 Å². The molecule has 0 amide bonds. The molecule has 0 aliphatic heterocycles. The molecule has 1 aromatic carbocycles. The fourth-order valence-electron chi connectivity index (χ4n) is 3.74. The molecule has 0 aliphatic carbocycles. The summed E-state index contributed by atoms with van der Waals surface area (Å²) in [6, 6.07) is 9.06. The minimum Gasteiger partial charge on any atom is -0.302 e. The second-order valence-corrected chi connectivity index (χ2v) is 8.15. The van der Waals surface area contributed by atoms with Gasteiger partial charge in [-0.25, -0.2) is 0 Å². The van der Waals surface area contributed by atoms with Crippen LogP contribution >= 0.6 is 0 Å². The van der Waals surface area contributed by atoms with Gasteiger partial charge in [-0.15, -0.1) is 0 Å². The third-order valence-electron chi connectivity index (χ3n) is 5.50. The summed E-state index contributed by atoms with van der Waals surface area (Å²) in [5.41, 5.74) is 2.92. The van der Waals surface area contributed by atoms with E-state index in [4.69, 9.17) is 0 Å². The molecule has 0 saturated carbocycles. The van der Waals surface area contributed by atoms with Crippen molar-refractivity contribution in [3.8, 4) is 0 Å². The molecule has 1 rings (SSSR count). The van der Waals surface area contributed by atoms with Gasteiger partial charge in [-0.1, -0.05) is 115 Å². The SMILES string of the molecule is CCCCCCCCCCCCCCCN(C)Cc1cccc(CC)c1. The number of nitrogens with zero attached hydrogens (tertiary/aromatic N) is 1. The maximum absolute atomic E-state index is 2.48. The molecule has 1 aromatic rings. The van der Waals surface area contributed by atoms with Crippen LogP contribution in [-0.2, 0) is 13.0 Å². The number of benzene rings is 1. The van der Waals surface area contributed by atoms with Crippen molar-refractivity contribution in [1.82, 2.24) is 4.90 Å². The second-order valence-electron chi connectivity index (χ2n) is 8.15. The first kappa shape index (κ1) is 23.2. The highest BCUT2D eigenvalue weighted by Crippen LogP contribution is 2.13. The van der Waals surface area contributed by atoms with Gasteiger partial charge >= 0.3 is 0 Å². The molecule has 0 saturated heterocycles. The van der Waals surface area contributed by atoms with E-state index in [1.165, 1.54) is 101 Å². The standard InChI is InChI=1S/C25H45N/c1-4-6-7-8-9-10-11-12-13-14-15-16-17-21-26(3)23-25-20-18-19-24(5-2)22-25/h18-20,22H,4-17,21,23H2,1-3H3. The molecule has 0 aromatic heterocycles. The minimum absolute atomic E-state index is 1.09. The van der Waals surface area contributed by atoms with Gasteiger partial charge in [-0.05, 0) is 37.6 Å². The Labute approximate surface area is 164 Å². The molecular weight excluding hydrogens is 314 g/mol. The predicted octanol–water partition coefficient (Wildman–Crippen LogP) is 7.77. The Bertz CT molecular complexity index is 426. The fraction of sp³-hybridized carbons (Fsp3) is 0.760. The first-order chi connectivity index (χ1) is 12.8.